The summed E-state index contributed by atoms with van der Waals surface area (Å²) < 4.78 is 1.39. The summed E-state index contributed by atoms with van der Waals surface area (Å²) in [5.41, 5.74) is 4.77. The standard InChI is InChI=1S/C27H31N3OS/c31-29-26(20-7-2-1-3-8-20)24(25-11-4-5-15-28-25)13-17-30-16-12-22(19-30)23-10-6-9-21-14-18-32-27(21)23/h4-6,9-11,14-15,18-20,24,31H,1-3,7-8,12-13,16-17H2/b29-26+. The summed E-state index contributed by atoms with van der Waals surface area (Å²) in [5.74, 6) is 0.448. The first-order valence-corrected chi connectivity index (χ1v) is 12.8. The number of fused-ring (bicyclic) bond motifs is 1. The third-order valence-corrected chi connectivity index (χ3v) is 8.04. The number of oxime groups is 1. The number of hydrogen-bond donors (Lipinski definition) is 1. The van der Waals surface area contributed by atoms with E-state index >= 15 is 0 Å². The van der Waals surface area contributed by atoms with Crippen LogP contribution in [0, 0.1) is 5.92 Å². The molecule has 3 heterocycles. The van der Waals surface area contributed by atoms with E-state index in [1.165, 1.54) is 40.5 Å². The van der Waals surface area contributed by atoms with Gasteiger partial charge >= 0.3 is 0 Å². The molecule has 1 N–H and O–H groups in total. The van der Waals surface area contributed by atoms with Crippen LogP contribution in [0.1, 0.15) is 62.1 Å². The summed E-state index contributed by atoms with van der Waals surface area (Å²) in [5, 5.41) is 17.4. The van der Waals surface area contributed by atoms with Crippen molar-refractivity contribution in [2.24, 2.45) is 11.1 Å². The third-order valence-electron chi connectivity index (χ3n) is 7.08. The van der Waals surface area contributed by atoms with Gasteiger partial charge in [0.1, 0.15) is 0 Å². The van der Waals surface area contributed by atoms with Crippen LogP contribution in [0.5, 0.6) is 0 Å². The van der Waals surface area contributed by atoms with E-state index in [1.807, 2.05) is 29.7 Å². The molecule has 5 rings (SSSR count). The number of benzene rings is 1. The smallest absolute Gasteiger partial charge is 0.0692 e. The lowest BCUT2D eigenvalue weighted by atomic mass is 9.79. The van der Waals surface area contributed by atoms with Crippen LogP contribution < -0.4 is 0 Å². The quantitative estimate of drug-likeness (QED) is 0.244. The summed E-state index contributed by atoms with van der Waals surface area (Å²) in [6.07, 6.45) is 12.2. The molecule has 4 nitrogen and oxygen atoms in total. The van der Waals surface area contributed by atoms with Gasteiger partial charge < -0.3 is 10.1 Å². The summed E-state index contributed by atoms with van der Waals surface area (Å²) >= 11 is 1.83. The second kappa shape index (κ2) is 9.86. The molecule has 0 radical (unpaired) electrons. The van der Waals surface area contributed by atoms with Crippen molar-refractivity contribution in [2.75, 3.05) is 13.1 Å². The number of pyridine rings is 1. The molecule has 1 aromatic carbocycles. The number of rotatable bonds is 7. The lowest BCUT2D eigenvalue weighted by Gasteiger charge is -2.28. The molecule has 0 spiro atoms. The maximum absolute atomic E-state index is 10.0. The monoisotopic (exact) mass is 445 g/mol. The maximum Gasteiger partial charge on any atom is 0.0692 e. The van der Waals surface area contributed by atoms with Gasteiger partial charge in [-0.3, -0.25) is 4.98 Å². The molecular weight excluding hydrogens is 414 g/mol. The fraction of sp³-hybridized carbons (Fsp3) is 0.407. The molecule has 1 unspecified atom stereocenters. The van der Waals surface area contributed by atoms with E-state index in [4.69, 9.17) is 0 Å². The van der Waals surface area contributed by atoms with Crippen LogP contribution in [0.2, 0.25) is 0 Å². The lowest BCUT2D eigenvalue weighted by Crippen LogP contribution is -2.28. The Labute approximate surface area is 194 Å². The Bertz CT molecular complexity index is 1100. The second-order valence-electron chi connectivity index (χ2n) is 9.04. The molecule has 0 saturated heterocycles. The molecule has 1 saturated carbocycles. The predicted molar refractivity (Wildman–Crippen MR) is 133 cm³/mol. The van der Waals surface area contributed by atoms with E-state index in [9.17, 15) is 5.21 Å². The molecule has 2 aromatic heterocycles. The van der Waals surface area contributed by atoms with Gasteiger partial charge in [0.2, 0.25) is 0 Å². The molecule has 1 aliphatic heterocycles. The van der Waals surface area contributed by atoms with Crippen molar-refractivity contribution in [3.8, 4) is 0 Å². The molecule has 3 aromatic rings. The molecule has 5 heteroatoms. The number of nitrogens with zero attached hydrogens (tertiary/aromatic N) is 3. The van der Waals surface area contributed by atoms with Crippen LogP contribution in [0.15, 0.2) is 65.4 Å². The zero-order valence-corrected chi connectivity index (χ0v) is 19.3. The number of hydrogen-bond acceptors (Lipinski definition) is 5. The van der Waals surface area contributed by atoms with Gasteiger partial charge in [0.25, 0.3) is 0 Å². The molecule has 1 atom stereocenters. The third kappa shape index (κ3) is 4.44. The first-order valence-electron chi connectivity index (χ1n) is 11.9. The first-order chi connectivity index (χ1) is 15.8. The molecule has 1 aliphatic carbocycles. The highest BCUT2D eigenvalue weighted by molar-refractivity contribution is 7.17. The van der Waals surface area contributed by atoms with Crippen molar-refractivity contribution in [3.63, 3.8) is 0 Å². The van der Waals surface area contributed by atoms with Crippen LogP contribution in [-0.4, -0.2) is 33.9 Å². The van der Waals surface area contributed by atoms with Crippen LogP contribution >= 0.6 is 11.3 Å². The average Bonchev–Trinajstić information content (AvgIpc) is 3.52. The largest absolute Gasteiger partial charge is 0.411 e. The number of thiophene rings is 1. The minimum Gasteiger partial charge on any atom is -0.411 e. The van der Waals surface area contributed by atoms with Crippen LogP contribution in [0.4, 0.5) is 0 Å². The Hall–Kier alpha value is -2.66. The maximum atomic E-state index is 10.0. The Morgan fingerprint density at radius 1 is 1.12 bits per heavy atom. The molecular formula is C27H31N3OS. The molecule has 166 valence electrons. The summed E-state index contributed by atoms with van der Waals surface area (Å²) in [7, 11) is 0. The van der Waals surface area contributed by atoms with Gasteiger partial charge in [0.05, 0.1) is 5.71 Å². The fourth-order valence-corrected chi connectivity index (χ4v) is 6.35. The van der Waals surface area contributed by atoms with E-state index < -0.39 is 0 Å². The number of aromatic nitrogens is 1. The van der Waals surface area contributed by atoms with Crippen molar-refractivity contribution in [1.82, 2.24) is 9.88 Å². The van der Waals surface area contributed by atoms with Crippen molar-refractivity contribution < 1.29 is 5.21 Å². The van der Waals surface area contributed by atoms with Gasteiger partial charge in [-0.05, 0) is 65.8 Å². The summed E-state index contributed by atoms with van der Waals surface area (Å²) in [4.78, 5) is 7.09. The van der Waals surface area contributed by atoms with E-state index in [2.05, 4.69) is 57.0 Å². The highest BCUT2D eigenvalue weighted by atomic mass is 32.1. The summed E-state index contributed by atoms with van der Waals surface area (Å²) in [6, 6.07) is 14.9. The van der Waals surface area contributed by atoms with Crippen molar-refractivity contribution in [2.45, 2.75) is 50.9 Å². The van der Waals surface area contributed by atoms with Gasteiger partial charge in [-0.2, -0.15) is 0 Å². The van der Waals surface area contributed by atoms with Gasteiger partial charge in [-0.1, -0.05) is 48.7 Å². The van der Waals surface area contributed by atoms with Crippen LogP contribution in [0.25, 0.3) is 15.7 Å². The van der Waals surface area contributed by atoms with Crippen molar-refractivity contribution >= 4 is 32.7 Å². The Balaban J connectivity index is 1.34. The Morgan fingerprint density at radius 2 is 2.03 bits per heavy atom. The van der Waals surface area contributed by atoms with E-state index in [-0.39, 0.29) is 5.92 Å². The van der Waals surface area contributed by atoms with Crippen molar-refractivity contribution in [1.29, 1.82) is 0 Å². The van der Waals surface area contributed by atoms with Crippen molar-refractivity contribution in [3.05, 3.63) is 71.5 Å². The topological polar surface area (TPSA) is 48.7 Å². The van der Waals surface area contributed by atoms with Gasteiger partial charge in [-0.15, -0.1) is 11.3 Å². The molecule has 1 fully saturated rings. The SMILES string of the molecule is O/N=C(\C1CCCCC1)C(CCN1C=C(c2cccc3ccsc23)CC1)c1ccccn1. The van der Waals surface area contributed by atoms with Gasteiger partial charge in [-0.25, -0.2) is 0 Å². The zero-order chi connectivity index (χ0) is 21.8. The molecule has 0 amide bonds. The lowest BCUT2D eigenvalue weighted by molar-refractivity contribution is 0.303. The molecule has 32 heavy (non-hydrogen) atoms. The average molecular weight is 446 g/mol. The van der Waals surface area contributed by atoms with E-state index in [0.29, 0.717) is 5.92 Å². The predicted octanol–water partition coefficient (Wildman–Crippen LogP) is 6.93. The van der Waals surface area contributed by atoms with E-state index in [0.717, 1.165) is 50.2 Å². The Morgan fingerprint density at radius 3 is 2.84 bits per heavy atom. The first kappa shape index (κ1) is 21.2. The normalized spacial score (nSPS) is 18.8. The van der Waals surface area contributed by atoms with Crippen LogP contribution in [-0.2, 0) is 0 Å². The zero-order valence-electron chi connectivity index (χ0n) is 18.5. The highest BCUT2D eigenvalue weighted by Crippen LogP contribution is 2.35. The minimum atomic E-state index is 0.0717. The summed E-state index contributed by atoms with van der Waals surface area (Å²) in [6.45, 7) is 1.98. The minimum absolute atomic E-state index is 0.0717. The van der Waals surface area contributed by atoms with Gasteiger partial charge in [0.15, 0.2) is 0 Å². The highest BCUT2D eigenvalue weighted by Gasteiger charge is 2.29. The second-order valence-corrected chi connectivity index (χ2v) is 9.96. The van der Waals surface area contributed by atoms with E-state index in [1.54, 1.807) is 0 Å². The van der Waals surface area contributed by atoms with Gasteiger partial charge in [0, 0.05) is 47.7 Å². The van der Waals surface area contributed by atoms with Crippen LogP contribution in [0.3, 0.4) is 0 Å². The molecule has 0 bridgehead atoms. The Kier molecular flexibility index (Phi) is 6.54. The molecule has 2 aliphatic rings. The fourth-order valence-electron chi connectivity index (χ4n) is 5.40.